The summed E-state index contributed by atoms with van der Waals surface area (Å²) in [7, 11) is -5.67. The van der Waals surface area contributed by atoms with Gasteiger partial charge in [-0.1, -0.05) is 30.3 Å². The maximum Gasteiger partial charge on any atom is 0.240 e. The van der Waals surface area contributed by atoms with Gasteiger partial charge in [-0.3, -0.25) is 4.72 Å². The van der Waals surface area contributed by atoms with Crippen molar-refractivity contribution < 1.29 is 21.6 Å². The maximum atomic E-state index is 12.2. The zero-order valence-corrected chi connectivity index (χ0v) is 16.0. The predicted octanol–water partition coefficient (Wildman–Crippen LogP) is 1.94. The highest BCUT2D eigenvalue weighted by Gasteiger charge is 2.15. The van der Waals surface area contributed by atoms with Crippen molar-refractivity contribution in [3.05, 3.63) is 60.2 Å². The molecule has 0 fully saturated rings. The molecule has 0 saturated carbocycles. The Kier molecular flexibility index (Phi) is 7.15. The van der Waals surface area contributed by atoms with Crippen molar-refractivity contribution in [2.24, 2.45) is 0 Å². The van der Waals surface area contributed by atoms with E-state index in [0.717, 1.165) is 0 Å². The Morgan fingerprint density at radius 3 is 2.19 bits per heavy atom. The molecular formula is C17H22N2O5S2. The first kappa shape index (κ1) is 20.4. The number of sulfonamides is 2. The normalized spacial score (nSPS) is 12.0. The molecule has 9 heteroatoms. The molecule has 142 valence electrons. The van der Waals surface area contributed by atoms with Crippen molar-refractivity contribution in [3.63, 3.8) is 0 Å². The summed E-state index contributed by atoms with van der Waals surface area (Å²) in [6.45, 7) is 0.728. The summed E-state index contributed by atoms with van der Waals surface area (Å²) in [6.07, 6.45) is 0.563. The van der Waals surface area contributed by atoms with Crippen LogP contribution in [0.1, 0.15) is 12.0 Å². The lowest BCUT2D eigenvalue weighted by atomic mass is 10.2. The van der Waals surface area contributed by atoms with Crippen molar-refractivity contribution in [3.8, 4) is 0 Å². The fraction of sp³-hybridized carbons (Fsp3) is 0.294. The number of rotatable bonds is 10. The summed E-state index contributed by atoms with van der Waals surface area (Å²) in [6, 6.07) is 14.4. The first-order valence-corrected chi connectivity index (χ1v) is 11.1. The molecule has 26 heavy (non-hydrogen) atoms. The molecule has 0 aliphatic heterocycles. The van der Waals surface area contributed by atoms with Crippen LogP contribution in [0.25, 0.3) is 0 Å². The van der Waals surface area contributed by atoms with Gasteiger partial charge in [-0.05, 0) is 36.2 Å². The molecule has 0 bridgehead atoms. The predicted molar refractivity (Wildman–Crippen MR) is 101 cm³/mol. The highest BCUT2D eigenvalue weighted by molar-refractivity contribution is 7.92. The van der Waals surface area contributed by atoms with Crippen LogP contribution in [0.3, 0.4) is 0 Å². The van der Waals surface area contributed by atoms with Gasteiger partial charge >= 0.3 is 0 Å². The summed E-state index contributed by atoms with van der Waals surface area (Å²) in [4.78, 5) is 0.0703. The lowest BCUT2D eigenvalue weighted by Gasteiger charge is -2.10. The fourth-order valence-electron chi connectivity index (χ4n) is 2.22. The molecule has 0 aliphatic rings. The smallest absolute Gasteiger partial charge is 0.240 e. The van der Waals surface area contributed by atoms with Crippen molar-refractivity contribution in [1.29, 1.82) is 0 Å². The highest BCUT2D eigenvalue weighted by Crippen LogP contribution is 2.16. The minimum atomic E-state index is -3.63. The van der Waals surface area contributed by atoms with E-state index in [4.69, 9.17) is 4.74 Å². The SMILES string of the molecule is COCCCNS(=O)(=O)c1ccc(NS(=O)(=O)Cc2ccccc2)cc1. The summed E-state index contributed by atoms with van der Waals surface area (Å²) in [5.41, 5.74) is 0.971. The summed E-state index contributed by atoms with van der Waals surface area (Å²) in [5.74, 6) is -0.158. The third kappa shape index (κ3) is 6.41. The van der Waals surface area contributed by atoms with Gasteiger partial charge in [-0.15, -0.1) is 0 Å². The topological polar surface area (TPSA) is 102 Å². The van der Waals surface area contributed by atoms with E-state index in [1.54, 1.807) is 31.4 Å². The van der Waals surface area contributed by atoms with Gasteiger partial charge in [0, 0.05) is 25.9 Å². The fourth-order valence-corrected chi connectivity index (χ4v) is 4.49. The van der Waals surface area contributed by atoms with Crippen LogP contribution in [0.15, 0.2) is 59.5 Å². The Labute approximate surface area is 154 Å². The van der Waals surface area contributed by atoms with E-state index in [-0.39, 0.29) is 17.2 Å². The second-order valence-corrected chi connectivity index (χ2v) is 9.10. The summed E-state index contributed by atoms with van der Waals surface area (Å²) >= 11 is 0. The molecule has 0 spiro atoms. The summed E-state index contributed by atoms with van der Waals surface area (Å²) < 4.78 is 58.5. The zero-order chi connectivity index (χ0) is 19.0. The van der Waals surface area contributed by atoms with Crippen molar-refractivity contribution in [2.45, 2.75) is 17.1 Å². The van der Waals surface area contributed by atoms with Crippen LogP contribution in [0, 0.1) is 0 Å². The molecule has 0 heterocycles. The Morgan fingerprint density at radius 2 is 1.58 bits per heavy atom. The zero-order valence-electron chi connectivity index (χ0n) is 14.4. The molecule has 0 atom stereocenters. The van der Waals surface area contributed by atoms with Crippen LogP contribution in [-0.2, 0) is 30.5 Å². The average Bonchev–Trinajstić information content (AvgIpc) is 2.59. The number of nitrogens with one attached hydrogen (secondary N) is 2. The van der Waals surface area contributed by atoms with Crippen molar-refractivity contribution in [1.82, 2.24) is 4.72 Å². The number of ether oxygens (including phenoxy) is 1. The van der Waals surface area contributed by atoms with Crippen molar-refractivity contribution >= 4 is 25.7 Å². The molecule has 2 aromatic rings. The van der Waals surface area contributed by atoms with Crippen LogP contribution in [0.2, 0.25) is 0 Å². The lowest BCUT2D eigenvalue weighted by Crippen LogP contribution is -2.25. The second kappa shape index (κ2) is 9.13. The molecule has 2 rings (SSSR count). The quantitative estimate of drug-likeness (QED) is 0.596. The average molecular weight is 399 g/mol. The highest BCUT2D eigenvalue weighted by atomic mass is 32.2. The van der Waals surface area contributed by atoms with Crippen LogP contribution in [0.5, 0.6) is 0 Å². The van der Waals surface area contributed by atoms with Gasteiger partial charge in [0.1, 0.15) is 0 Å². The van der Waals surface area contributed by atoms with E-state index in [1.165, 1.54) is 24.3 Å². The molecule has 0 amide bonds. The molecule has 0 saturated heterocycles. The first-order chi connectivity index (χ1) is 12.3. The van der Waals surface area contributed by atoms with E-state index in [2.05, 4.69) is 9.44 Å². The van der Waals surface area contributed by atoms with Crippen molar-refractivity contribution in [2.75, 3.05) is 25.0 Å². The van der Waals surface area contributed by atoms with Crippen LogP contribution in [-0.4, -0.2) is 37.1 Å². The standard InChI is InChI=1S/C17H22N2O5S2/c1-24-13-5-12-18-26(22,23)17-10-8-16(9-11-17)19-25(20,21)14-15-6-3-2-4-7-15/h2-4,6-11,18-19H,5,12-14H2,1H3. The molecule has 0 aliphatic carbocycles. The number of methoxy groups -OCH3 is 1. The van der Waals surface area contributed by atoms with E-state index in [9.17, 15) is 16.8 Å². The third-order valence-electron chi connectivity index (χ3n) is 3.45. The van der Waals surface area contributed by atoms with Crippen LogP contribution in [0.4, 0.5) is 5.69 Å². The maximum absolute atomic E-state index is 12.2. The van der Waals surface area contributed by atoms with Crippen LogP contribution < -0.4 is 9.44 Å². The Bertz CT molecular complexity index is 896. The largest absolute Gasteiger partial charge is 0.385 e. The van der Waals surface area contributed by atoms with Gasteiger partial charge in [0.15, 0.2) is 0 Å². The van der Waals surface area contributed by atoms with Gasteiger partial charge in [-0.2, -0.15) is 0 Å². The minimum absolute atomic E-state index is 0.0703. The molecule has 2 N–H and O–H groups in total. The Balaban J connectivity index is 2.00. The third-order valence-corrected chi connectivity index (χ3v) is 6.19. The van der Waals surface area contributed by atoms with E-state index in [0.29, 0.717) is 24.3 Å². The van der Waals surface area contributed by atoms with Crippen LogP contribution >= 0.6 is 0 Å². The Morgan fingerprint density at radius 1 is 0.923 bits per heavy atom. The number of benzene rings is 2. The van der Waals surface area contributed by atoms with E-state index in [1.807, 2.05) is 6.07 Å². The second-order valence-electron chi connectivity index (χ2n) is 5.62. The molecule has 7 nitrogen and oxygen atoms in total. The monoisotopic (exact) mass is 398 g/mol. The van der Waals surface area contributed by atoms with Gasteiger partial charge in [0.25, 0.3) is 0 Å². The van der Waals surface area contributed by atoms with E-state index >= 15 is 0 Å². The van der Waals surface area contributed by atoms with E-state index < -0.39 is 20.0 Å². The van der Waals surface area contributed by atoms with Gasteiger partial charge < -0.3 is 4.74 Å². The molecule has 0 aromatic heterocycles. The number of hydrogen-bond donors (Lipinski definition) is 2. The minimum Gasteiger partial charge on any atom is -0.385 e. The molecule has 2 aromatic carbocycles. The number of anilines is 1. The Hall–Kier alpha value is -1.94. The molecule has 0 unspecified atom stereocenters. The lowest BCUT2D eigenvalue weighted by molar-refractivity contribution is 0.196. The van der Waals surface area contributed by atoms with Gasteiger partial charge in [-0.25, -0.2) is 21.6 Å². The first-order valence-electron chi connectivity index (χ1n) is 7.95. The molecular weight excluding hydrogens is 376 g/mol. The number of hydrogen-bond acceptors (Lipinski definition) is 5. The molecule has 0 radical (unpaired) electrons. The van der Waals surface area contributed by atoms with Gasteiger partial charge in [0.05, 0.1) is 10.6 Å². The van der Waals surface area contributed by atoms with Gasteiger partial charge in [0.2, 0.25) is 20.0 Å². The summed E-state index contributed by atoms with van der Waals surface area (Å²) in [5, 5.41) is 0.